The first kappa shape index (κ1) is 16.4. The molecule has 2 aromatic carbocycles. The molecular weight excluding hydrogens is 350 g/mol. The maximum Gasteiger partial charge on any atom is 0.364 e. The van der Waals surface area contributed by atoms with Crippen LogP contribution in [0.4, 0.5) is 21.9 Å². The number of hydrogen-bond acceptors (Lipinski definition) is 5. The number of carbonyl (C=O) groups is 1. The number of nitro groups is 1. The number of nitrogens with one attached hydrogen (secondary N) is 2. The molecule has 0 aliphatic carbocycles. The Labute approximate surface area is 145 Å². The lowest BCUT2D eigenvalue weighted by Crippen LogP contribution is -2.05. The van der Waals surface area contributed by atoms with E-state index in [0.29, 0.717) is 21.6 Å². The molecule has 3 aromatic rings. The van der Waals surface area contributed by atoms with Crippen molar-refractivity contribution in [3.8, 4) is 5.88 Å². The molecule has 0 radical (unpaired) electrons. The van der Waals surface area contributed by atoms with Crippen LogP contribution in [0.2, 0.25) is 5.02 Å². The van der Waals surface area contributed by atoms with Crippen molar-refractivity contribution in [1.29, 1.82) is 0 Å². The van der Waals surface area contributed by atoms with Gasteiger partial charge < -0.3 is 15.4 Å². The van der Waals surface area contributed by atoms with Gasteiger partial charge in [-0.2, -0.15) is 0 Å². The smallest absolute Gasteiger partial charge is 0.364 e. The molecule has 0 saturated heterocycles. The number of nitrogens with zero attached hydrogens (tertiary/aromatic N) is 3. The molecule has 3 rings (SSSR count). The van der Waals surface area contributed by atoms with Crippen molar-refractivity contribution in [2.75, 3.05) is 5.32 Å². The minimum atomic E-state index is -0.811. The molecule has 10 heteroatoms. The van der Waals surface area contributed by atoms with E-state index in [1.165, 1.54) is 24.3 Å². The SMILES string of the molecule is O=C(N=Nc1c(O)[nH]c2cccc(Cl)c12)Nc1ccc([N+](=O)[O-])cc1. The number of anilines is 1. The van der Waals surface area contributed by atoms with Crippen LogP contribution in [0.5, 0.6) is 5.88 Å². The number of hydrogen-bond donors (Lipinski definition) is 3. The number of aromatic amines is 1. The fourth-order valence-electron chi connectivity index (χ4n) is 2.18. The Morgan fingerprint density at radius 1 is 1.24 bits per heavy atom. The molecule has 0 unspecified atom stereocenters. The second kappa shape index (κ2) is 6.57. The second-order valence-corrected chi connectivity index (χ2v) is 5.33. The van der Waals surface area contributed by atoms with Crippen molar-refractivity contribution in [3.05, 3.63) is 57.6 Å². The molecule has 9 nitrogen and oxygen atoms in total. The molecule has 3 N–H and O–H groups in total. The van der Waals surface area contributed by atoms with Crippen LogP contribution < -0.4 is 5.32 Å². The van der Waals surface area contributed by atoms with E-state index in [-0.39, 0.29) is 17.3 Å². The van der Waals surface area contributed by atoms with Gasteiger partial charge in [-0.05, 0) is 24.3 Å². The summed E-state index contributed by atoms with van der Waals surface area (Å²) >= 11 is 6.07. The summed E-state index contributed by atoms with van der Waals surface area (Å²) in [5.41, 5.74) is 0.808. The second-order valence-electron chi connectivity index (χ2n) is 4.92. The fourth-order valence-corrected chi connectivity index (χ4v) is 2.45. The Morgan fingerprint density at radius 3 is 2.64 bits per heavy atom. The number of aromatic nitrogens is 1. The van der Waals surface area contributed by atoms with Crippen LogP contribution in [0.3, 0.4) is 0 Å². The molecule has 0 fully saturated rings. The summed E-state index contributed by atoms with van der Waals surface area (Å²) < 4.78 is 0. The average Bonchev–Trinajstić information content (AvgIpc) is 2.90. The summed E-state index contributed by atoms with van der Waals surface area (Å²) in [6.45, 7) is 0. The number of benzene rings is 2. The van der Waals surface area contributed by atoms with E-state index in [9.17, 15) is 20.0 Å². The van der Waals surface area contributed by atoms with Gasteiger partial charge in [-0.15, -0.1) is 5.11 Å². The van der Waals surface area contributed by atoms with Crippen molar-refractivity contribution in [2.24, 2.45) is 10.2 Å². The van der Waals surface area contributed by atoms with Gasteiger partial charge in [0.15, 0.2) is 5.69 Å². The van der Waals surface area contributed by atoms with Gasteiger partial charge in [-0.25, -0.2) is 4.79 Å². The number of rotatable bonds is 3. The third-order valence-electron chi connectivity index (χ3n) is 3.30. The molecule has 25 heavy (non-hydrogen) atoms. The van der Waals surface area contributed by atoms with E-state index in [1.807, 2.05) is 0 Å². The van der Waals surface area contributed by atoms with Crippen molar-refractivity contribution < 1.29 is 14.8 Å². The van der Waals surface area contributed by atoms with Crippen molar-refractivity contribution >= 4 is 45.6 Å². The zero-order valence-corrected chi connectivity index (χ0v) is 13.2. The quantitative estimate of drug-likeness (QED) is 0.353. The minimum absolute atomic E-state index is 0.0412. The van der Waals surface area contributed by atoms with E-state index < -0.39 is 11.0 Å². The summed E-state index contributed by atoms with van der Waals surface area (Å²) in [5.74, 6) is -0.269. The predicted octanol–water partition coefficient (Wildman–Crippen LogP) is 4.75. The first-order valence-corrected chi connectivity index (χ1v) is 7.30. The number of non-ortho nitro benzene ring substituents is 1. The first-order chi connectivity index (χ1) is 12.0. The van der Waals surface area contributed by atoms with E-state index in [2.05, 4.69) is 20.5 Å². The Balaban J connectivity index is 1.79. The van der Waals surface area contributed by atoms with Crippen LogP contribution in [0.1, 0.15) is 0 Å². The topological polar surface area (TPSA) is 133 Å². The number of fused-ring (bicyclic) bond motifs is 1. The molecule has 0 atom stereocenters. The number of urea groups is 1. The summed E-state index contributed by atoms with van der Waals surface area (Å²) in [6, 6.07) is 9.43. The van der Waals surface area contributed by atoms with Gasteiger partial charge in [0.2, 0.25) is 5.88 Å². The number of carbonyl (C=O) groups excluding carboxylic acids is 1. The molecule has 0 aliphatic rings. The van der Waals surface area contributed by atoms with Crippen molar-refractivity contribution in [2.45, 2.75) is 0 Å². The molecular formula is C15H10ClN5O4. The highest BCUT2D eigenvalue weighted by molar-refractivity contribution is 6.36. The number of aromatic hydroxyl groups is 1. The highest BCUT2D eigenvalue weighted by Gasteiger charge is 2.14. The van der Waals surface area contributed by atoms with Gasteiger partial charge in [-0.3, -0.25) is 10.1 Å². The number of nitro benzene ring substituents is 1. The summed E-state index contributed by atoms with van der Waals surface area (Å²) in [7, 11) is 0. The van der Waals surface area contributed by atoms with Gasteiger partial charge in [0, 0.05) is 23.2 Å². The summed E-state index contributed by atoms with van der Waals surface area (Å²) in [4.78, 5) is 24.5. The number of H-pyrrole nitrogens is 1. The van der Waals surface area contributed by atoms with E-state index in [4.69, 9.17) is 11.6 Å². The largest absolute Gasteiger partial charge is 0.493 e. The zero-order chi connectivity index (χ0) is 18.0. The van der Waals surface area contributed by atoms with Gasteiger partial charge in [0.05, 0.1) is 15.5 Å². The molecule has 0 aliphatic heterocycles. The normalized spacial score (nSPS) is 11.1. The van der Waals surface area contributed by atoms with E-state index in [1.54, 1.807) is 18.2 Å². The van der Waals surface area contributed by atoms with Crippen LogP contribution in [0, 0.1) is 10.1 Å². The van der Waals surface area contributed by atoms with Crippen LogP contribution >= 0.6 is 11.6 Å². The molecule has 0 saturated carbocycles. The lowest BCUT2D eigenvalue weighted by Gasteiger charge is -2.00. The van der Waals surface area contributed by atoms with Gasteiger partial charge >= 0.3 is 6.03 Å². The maximum absolute atomic E-state index is 11.8. The minimum Gasteiger partial charge on any atom is -0.493 e. The van der Waals surface area contributed by atoms with E-state index >= 15 is 0 Å². The van der Waals surface area contributed by atoms with Crippen LogP contribution in [0.25, 0.3) is 10.9 Å². The fraction of sp³-hybridized carbons (Fsp3) is 0. The maximum atomic E-state index is 11.8. The molecule has 0 bridgehead atoms. The van der Waals surface area contributed by atoms with Gasteiger partial charge in [-0.1, -0.05) is 22.8 Å². The Hall–Kier alpha value is -3.46. The Kier molecular flexibility index (Phi) is 4.31. The summed E-state index contributed by atoms with van der Waals surface area (Å²) in [6.07, 6.45) is 0. The monoisotopic (exact) mass is 359 g/mol. The third kappa shape index (κ3) is 3.40. The number of halogens is 1. The van der Waals surface area contributed by atoms with Gasteiger partial charge in [0.25, 0.3) is 5.69 Å². The van der Waals surface area contributed by atoms with Crippen LogP contribution in [-0.4, -0.2) is 21.0 Å². The van der Waals surface area contributed by atoms with Crippen LogP contribution in [0.15, 0.2) is 52.7 Å². The molecule has 0 spiro atoms. The Morgan fingerprint density at radius 2 is 1.96 bits per heavy atom. The van der Waals surface area contributed by atoms with Crippen molar-refractivity contribution in [1.82, 2.24) is 4.98 Å². The summed E-state index contributed by atoms with van der Waals surface area (Å²) in [5, 5.41) is 30.9. The molecule has 1 heterocycles. The zero-order valence-electron chi connectivity index (χ0n) is 12.4. The standard InChI is InChI=1S/C15H10ClN5O4/c16-10-2-1-3-11-12(10)13(14(22)18-11)19-20-15(23)17-8-4-6-9(7-5-8)21(24)25/h1-7,18,22H,(H,17,23). The molecule has 2 amide bonds. The lowest BCUT2D eigenvalue weighted by molar-refractivity contribution is -0.384. The Bertz CT molecular complexity index is 997. The highest BCUT2D eigenvalue weighted by Crippen LogP contribution is 2.39. The van der Waals surface area contributed by atoms with Crippen molar-refractivity contribution in [3.63, 3.8) is 0 Å². The lowest BCUT2D eigenvalue weighted by atomic mass is 10.2. The van der Waals surface area contributed by atoms with Crippen LogP contribution in [-0.2, 0) is 0 Å². The molecule has 126 valence electrons. The molecule has 1 aromatic heterocycles. The highest BCUT2D eigenvalue weighted by atomic mass is 35.5. The van der Waals surface area contributed by atoms with Gasteiger partial charge in [0.1, 0.15) is 0 Å². The predicted molar refractivity (Wildman–Crippen MR) is 91.6 cm³/mol. The number of amides is 2. The number of azo groups is 1. The third-order valence-corrected chi connectivity index (χ3v) is 3.61. The van der Waals surface area contributed by atoms with E-state index in [0.717, 1.165) is 0 Å². The first-order valence-electron chi connectivity index (χ1n) is 6.92. The average molecular weight is 360 g/mol.